The summed E-state index contributed by atoms with van der Waals surface area (Å²) >= 11 is 0. The molecule has 4 bridgehead atoms. The second-order valence-electron chi connectivity index (χ2n) is 9.41. The zero-order valence-corrected chi connectivity index (χ0v) is 15.6. The summed E-state index contributed by atoms with van der Waals surface area (Å²) in [7, 11) is 0. The van der Waals surface area contributed by atoms with Crippen LogP contribution in [0.3, 0.4) is 0 Å². The van der Waals surface area contributed by atoms with Crippen molar-refractivity contribution < 1.29 is 9.53 Å². The average molecular weight is 354 g/mol. The number of pyridine rings is 1. The molecule has 5 aliphatic rings. The van der Waals surface area contributed by atoms with Crippen molar-refractivity contribution >= 4 is 5.91 Å². The molecule has 6 rings (SSSR count). The second-order valence-corrected chi connectivity index (χ2v) is 9.41. The average Bonchev–Trinajstić information content (AvgIpc) is 2.66. The molecular formula is C22H30N2O2. The van der Waals surface area contributed by atoms with Gasteiger partial charge in [-0.05, 0) is 81.1 Å². The number of aromatic nitrogens is 1. The molecule has 0 spiro atoms. The summed E-state index contributed by atoms with van der Waals surface area (Å²) in [5.74, 6) is 4.27. The highest BCUT2D eigenvalue weighted by Crippen LogP contribution is 2.60. The molecule has 1 aromatic heterocycles. The largest absolute Gasteiger partial charge is 0.477 e. The molecule has 0 aromatic carbocycles. The summed E-state index contributed by atoms with van der Waals surface area (Å²) in [6.45, 7) is 2.55. The lowest BCUT2D eigenvalue weighted by Crippen LogP contribution is -2.55. The van der Waals surface area contributed by atoms with Crippen LogP contribution in [0.15, 0.2) is 24.4 Å². The molecule has 2 heterocycles. The molecule has 4 heteroatoms. The number of carbonyl (C=O) groups excluding carboxylic acids is 1. The Hall–Kier alpha value is -1.58. The lowest BCUT2D eigenvalue weighted by molar-refractivity contribution is -0.159. The molecule has 0 atom stereocenters. The highest BCUT2D eigenvalue weighted by atomic mass is 16.5. The minimum Gasteiger partial charge on any atom is -0.477 e. The highest BCUT2D eigenvalue weighted by molar-refractivity contribution is 5.83. The molecule has 4 saturated carbocycles. The van der Waals surface area contributed by atoms with Crippen LogP contribution >= 0.6 is 0 Å². The third kappa shape index (κ3) is 3.01. The normalized spacial score (nSPS) is 36.3. The molecule has 0 unspecified atom stereocenters. The molecule has 0 radical (unpaired) electrons. The summed E-state index contributed by atoms with van der Waals surface area (Å²) in [6, 6.07) is 5.77. The van der Waals surface area contributed by atoms with Gasteiger partial charge in [0.05, 0.1) is 12.0 Å². The smallest absolute Gasteiger partial charge is 0.228 e. The van der Waals surface area contributed by atoms with E-state index < -0.39 is 0 Å². The van der Waals surface area contributed by atoms with E-state index in [0.717, 1.165) is 50.3 Å². The fraction of sp³-hybridized carbons (Fsp3) is 0.727. The standard InChI is InChI=1S/C22H30N2O2/c25-21(22-12-17-9-18(13-22)11-19(10-17)14-22)24-7-4-16(5-8-24)15-26-20-3-1-2-6-23-20/h1-3,6,16-19H,4-5,7-15H2. The summed E-state index contributed by atoms with van der Waals surface area (Å²) in [6.07, 6.45) is 11.6. The maximum Gasteiger partial charge on any atom is 0.228 e. The maximum atomic E-state index is 13.4. The van der Waals surface area contributed by atoms with Crippen molar-refractivity contribution in [2.45, 2.75) is 51.4 Å². The molecule has 1 aromatic rings. The zero-order chi connectivity index (χ0) is 17.6. The number of piperidine rings is 1. The number of hydrogen-bond acceptors (Lipinski definition) is 3. The van der Waals surface area contributed by atoms with Crippen LogP contribution in [0.2, 0.25) is 0 Å². The van der Waals surface area contributed by atoms with E-state index in [9.17, 15) is 4.79 Å². The van der Waals surface area contributed by atoms with Gasteiger partial charge in [0.2, 0.25) is 11.8 Å². The minimum absolute atomic E-state index is 0.0199. The van der Waals surface area contributed by atoms with Gasteiger partial charge in [-0.2, -0.15) is 0 Å². The highest BCUT2D eigenvalue weighted by Gasteiger charge is 2.55. The van der Waals surface area contributed by atoms with Crippen LogP contribution in [0, 0.1) is 29.1 Å². The molecule has 140 valence electrons. The fourth-order valence-electron chi connectivity index (χ4n) is 6.65. The summed E-state index contributed by atoms with van der Waals surface area (Å²) < 4.78 is 5.83. The predicted molar refractivity (Wildman–Crippen MR) is 99.6 cm³/mol. The van der Waals surface area contributed by atoms with Crippen LogP contribution in [0.5, 0.6) is 5.88 Å². The Labute approximate surface area is 156 Å². The fourth-order valence-corrected chi connectivity index (χ4v) is 6.65. The molecule has 1 aliphatic heterocycles. The quantitative estimate of drug-likeness (QED) is 0.823. The summed E-state index contributed by atoms with van der Waals surface area (Å²) in [5.41, 5.74) is 0.0199. The molecule has 5 fully saturated rings. The van der Waals surface area contributed by atoms with Crippen LogP contribution in [-0.4, -0.2) is 35.5 Å². The van der Waals surface area contributed by atoms with Crippen LogP contribution in [0.25, 0.3) is 0 Å². The number of carbonyl (C=O) groups is 1. The third-order valence-electron chi connectivity index (χ3n) is 7.50. The van der Waals surface area contributed by atoms with E-state index in [2.05, 4.69) is 9.88 Å². The zero-order valence-electron chi connectivity index (χ0n) is 15.6. The molecule has 4 aliphatic carbocycles. The van der Waals surface area contributed by atoms with E-state index in [4.69, 9.17) is 4.74 Å². The Kier molecular flexibility index (Phi) is 4.17. The predicted octanol–water partition coefficient (Wildman–Crippen LogP) is 3.92. The van der Waals surface area contributed by atoms with E-state index in [1.807, 2.05) is 18.2 Å². The van der Waals surface area contributed by atoms with Gasteiger partial charge >= 0.3 is 0 Å². The number of nitrogens with zero attached hydrogens (tertiary/aromatic N) is 2. The maximum absolute atomic E-state index is 13.4. The Bertz CT molecular complexity index is 616. The molecule has 4 nitrogen and oxygen atoms in total. The van der Waals surface area contributed by atoms with Gasteiger partial charge in [0.25, 0.3) is 0 Å². The van der Waals surface area contributed by atoms with Crippen LogP contribution in [0.4, 0.5) is 0 Å². The Morgan fingerprint density at radius 2 is 1.73 bits per heavy atom. The first-order valence-electron chi connectivity index (χ1n) is 10.5. The summed E-state index contributed by atoms with van der Waals surface area (Å²) in [4.78, 5) is 19.8. The van der Waals surface area contributed by atoms with Crippen LogP contribution in [0.1, 0.15) is 51.4 Å². The van der Waals surface area contributed by atoms with Crippen molar-refractivity contribution in [3.8, 4) is 5.88 Å². The van der Waals surface area contributed by atoms with Gasteiger partial charge in [-0.15, -0.1) is 0 Å². The van der Waals surface area contributed by atoms with Crippen molar-refractivity contribution in [3.63, 3.8) is 0 Å². The van der Waals surface area contributed by atoms with Crippen molar-refractivity contribution in [3.05, 3.63) is 24.4 Å². The van der Waals surface area contributed by atoms with E-state index >= 15 is 0 Å². The van der Waals surface area contributed by atoms with E-state index in [-0.39, 0.29) is 5.41 Å². The second kappa shape index (κ2) is 6.54. The molecular weight excluding hydrogens is 324 g/mol. The van der Waals surface area contributed by atoms with E-state index in [1.165, 1.54) is 38.5 Å². The first kappa shape index (κ1) is 16.6. The van der Waals surface area contributed by atoms with Crippen LogP contribution in [-0.2, 0) is 4.79 Å². The molecule has 26 heavy (non-hydrogen) atoms. The van der Waals surface area contributed by atoms with E-state index in [1.54, 1.807) is 6.20 Å². The Morgan fingerprint density at radius 1 is 1.08 bits per heavy atom. The Morgan fingerprint density at radius 3 is 2.31 bits per heavy atom. The van der Waals surface area contributed by atoms with Gasteiger partial charge in [0.1, 0.15) is 0 Å². The van der Waals surface area contributed by atoms with Gasteiger partial charge in [-0.1, -0.05) is 6.07 Å². The first-order valence-corrected chi connectivity index (χ1v) is 10.5. The topological polar surface area (TPSA) is 42.4 Å². The Balaban J connectivity index is 1.16. The minimum atomic E-state index is 0.0199. The van der Waals surface area contributed by atoms with Crippen molar-refractivity contribution in [2.75, 3.05) is 19.7 Å². The number of rotatable bonds is 4. The molecule has 1 amide bonds. The van der Waals surface area contributed by atoms with Gasteiger partial charge in [-0.3, -0.25) is 4.79 Å². The van der Waals surface area contributed by atoms with Gasteiger partial charge in [-0.25, -0.2) is 4.98 Å². The number of likely N-dealkylation sites (tertiary alicyclic amines) is 1. The first-order chi connectivity index (χ1) is 12.7. The van der Waals surface area contributed by atoms with Crippen molar-refractivity contribution in [1.82, 2.24) is 9.88 Å². The van der Waals surface area contributed by atoms with Crippen LogP contribution < -0.4 is 4.74 Å². The lowest BCUT2D eigenvalue weighted by Gasteiger charge is -2.57. The van der Waals surface area contributed by atoms with Crippen molar-refractivity contribution in [1.29, 1.82) is 0 Å². The number of ether oxygens (including phenoxy) is 1. The van der Waals surface area contributed by atoms with Gasteiger partial charge < -0.3 is 9.64 Å². The number of amides is 1. The molecule has 1 saturated heterocycles. The SMILES string of the molecule is O=C(N1CCC(COc2ccccn2)CC1)C12CC3CC(CC(C3)C1)C2. The lowest BCUT2D eigenvalue weighted by atomic mass is 9.49. The monoisotopic (exact) mass is 354 g/mol. The number of hydrogen-bond donors (Lipinski definition) is 0. The van der Waals surface area contributed by atoms with Gasteiger partial charge in [0, 0.05) is 25.4 Å². The summed E-state index contributed by atoms with van der Waals surface area (Å²) in [5, 5.41) is 0. The van der Waals surface area contributed by atoms with E-state index in [0.29, 0.717) is 17.7 Å². The molecule has 0 N–H and O–H groups in total. The van der Waals surface area contributed by atoms with Crippen molar-refractivity contribution in [2.24, 2.45) is 29.1 Å². The third-order valence-corrected chi connectivity index (χ3v) is 7.50. The van der Waals surface area contributed by atoms with Gasteiger partial charge in [0.15, 0.2) is 0 Å².